The van der Waals surface area contributed by atoms with E-state index in [4.69, 9.17) is 33.2 Å². The number of aromatic nitrogens is 4. The highest BCUT2D eigenvalue weighted by Crippen LogP contribution is 2.32. The average Bonchev–Trinajstić information content (AvgIpc) is 2.89. The third-order valence-electron chi connectivity index (χ3n) is 3.98. The first-order chi connectivity index (χ1) is 12.0. The lowest BCUT2D eigenvalue weighted by Gasteiger charge is -2.12. The monoisotopic (exact) mass is 370 g/mol. The molecule has 2 aromatic carbocycles. The van der Waals surface area contributed by atoms with Gasteiger partial charge in [-0.15, -0.1) is 0 Å². The topological polar surface area (TPSA) is 43.6 Å². The van der Waals surface area contributed by atoms with Gasteiger partial charge >= 0.3 is 0 Å². The van der Waals surface area contributed by atoms with Gasteiger partial charge < -0.3 is 4.57 Å². The Balaban J connectivity index is 2.03. The number of halogens is 2. The van der Waals surface area contributed by atoms with Crippen molar-refractivity contribution < 1.29 is 0 Å². The quantitative estimate of drug-likeness (QED) is 0.470. The highest BCUT2D eigenvalue weighted by molar-refractivity contribution is 6.36. The molecule has 4 aromatic rings. The van der Waals surface area contributed by atoms with Crippen LogP contribution in [0.25, 0.3) is 33.7 Å². The molecule has 0 saturated carbocycles. The van der Waals surface area contributed by atoms with Crippen LogP contribution in [0, 0.1) is 5.92 Å². The minimum atomic E-state index is 0.426. The van der Waals surface area contributed by atoms with Crippen molar-refractivity contribution in [1.29, 1.82) is 0 Å². The Hall–Kier alpha value is -2.17. The zero-order valence-corrected chi connectivity index (χ0v) is 15.4. The molecule has 25 heavy (non-hydrogen) atoms. The lowest BCUT2D eigenvalue weighted by Crippen LogP contribution is -2.07. The van der Waals surface area contributed by atoms with Gasteiger partial charge in [0, 0.05) is 17.1 Å². The first-order valence-electron chi connectivity index (χ1n) is 8.11. The number of benzene rings is 2. The molecular formula is C19H16Cl2N4. The molecule has 126 valence electrons. The van der Waals surface area contributed by atoms with Crippen LogP contribution in [-0.2, 0) is 6.54 Å². The summed E-state index contributed by atoms with van der Waals surface area (Å²) in [6.45, 7) is 5.10. The van der Waals surface area contributed by atoms with Gasteiger partial charge in [0.25, 0.3) is 0 Å². The summed E-state index contributed by atoms with van der Waals surface area (Å²) < 4.78 is 2.09. The summed E-state index contributed by atoms with van der Waals surface area (Å²) in [6, 6.07) is 13.3. The lowest BCUT2D eigenvalue weighted by atomic mass is 10.2. The van der Waals surface area contributed by atoms with Crippen molar-refractivity contribution in [3.8, 4) is 11.4 Å². The number of rotatable bonds is 3. The predicted octanol–water partition coefficient (Wildman–Crippen LogP) is 5.61. The van der Waals surface area contributed by atoms with Crippen LogP contribution in [0.2, 0.25) is 10.0 Å². The predicted molar refractivity (Wildman–Crippen MR) is 103 cm³/mol. The number of imidazole rings is 1. The maximum atomic E-state index is 6.43. The van der Waals surface area contributed by atoms with Crippen LogP contribution in [0.5, 0.6) is 0 Å². The Morgan fingerprint density at radius 2 is 1.68 bits per heavy atom. The van der Waals surface area contributed by atoms with E-state index in [0.29, 0.717) is 21.6 Å². The molecule has 4 nitrogen and oxygen atoms in total. The average molecular weight is 371 g/mol. The molecule has 0 saturated heterocycles. The highest BCUT2D eigenvalue weighted by atomic mass is 35.5. The Labute approximate surface area is 155 Å². The number of nitrogens with zero attached hydrogens (tertiary/aromatic N) is 4. The minimum Gasteiger partial charge on any atom is -0.307 e. The van der Waals surface area contributed by atoms with E-state index in [9.17, 15) is 0 Å². The number of hydrogen-bond acceptors (Lipinski definition) is 3. The van der Waals surface area contributed by atoms with E-state index in [0.717, 1.165) is 34.6 Å². The van der Waals surface area contributed by atoms with Crippen molar-refractivity contribution >= 4 is 45.5 Å². The van der Waals surface area contributed by atoms with Crippen LogP contribution in [0.4, 0.5) is 0 Å². The lowest BCUT2D eigenvalue weighted by molar-refractivity contribution is 0.534. The van der Waals surface area contributed by atoms with Crippen molar-refractivity contribution in [1.82, 2.24) is 19.5 Å². The van der Waals surface area contributed by atoms with E-state index < -0.39 is 0 Å². The molecule has 0 spiro atoms. The second-order valence-corrected chi connectivity index (χ2v) is 7.27. The standard InChI is InChI=1S/C19H16Cl2N4/c1-11(2)10-25-18(13-8-7-12(20)9-14(13)21)24-17-19(25)23-16-6-4-3-5-15(16)22-17/h3-9,11H,10H2,1-2H3. The summed E-state index contributed by atoms with van der Waals surface area (Å²) >= 11 is 12.5. The second kappa shape index (κ2) is 6.28. The zero-order valence-electron chi connectivity index (χ0n) is 13.9. The highest BCUT2D eigenvalue weighted by Gasteiger charge is 2.18. The van der Waals surface area contributed by atoms with Gasteiger partial charge in [0.05, 0.1) is 16.1 Å². The molecule has 0 N–H and O–H groups in total. The maximum absolute atomic E-state index is 6.43. The largest absolute Gasteiger partial charge is 0.307 e. The van der Waals surface area contributed by atoms with Gasteiger partial charge in [-0.3, -0.25) is 0 Å². The van der Waals surface area contributed by atoms with Crippen LogP contribution in [0.3, 0.4) is 0 Å². The molecule has 6 heteroatoms. The van der Waals surface area contributed by atoms with Crippen LogP contribution in [0.15, 0.2) is 42.5 Å². The van der Waals surface area contributed by atoms with Gasteiger partial charge in [-0.25, -0.2) is 15.0 Å². The molecule has 0 fully saturated rings. The van der Waals surface area contributed by atoms with Crippen molar-refractivity contribution in [2.45, 2.75) is 20.4 Å². The molecule has 2 aromatic heterocycles. The van der Waals surface area contributed by atoms with E-state index in [1.807, 2.05) is 36.4 Å². The maximum Gasteiger partial charge on any atom is 0.198 e. The number of hydrogen-bond donors (Lipinski definition) is 0. The van der Waals surface area contributed by atoms with Crippen molar-refractivity contribution in [3.63, 3.8) is 0 Å². The molecule has 0 amide bonds. The second-order valence-electron chi connectivity index (χ2n) is 6.42. The van der Waals surface area contributed by atoms with Gasteiger partial charge in [0.15, 0.2) is 11.3 Å². The smallest absolute Gasteiger partial charge is 0.198 e. The van der Waals surface area contributed by atoms with Crippen molar-refractivity contribution in [2.75, 3.05) is 0 Å². The molecule has 2 heterocycles. The molecular weight excluding hydrogens is 355 g/mol. The zero-order chi connectivity index (χ0) is 17.6. The molecule has 0 radical (unpaired) electrons. The molecule has 0 aliphatic rings. The van der Waals surface area contributed by atoms with Gasteiger partial charge in [0.2, 0.25) is 0 Å². The first-order valence-corrected chi connectivity index (χ1v) is 8.87. The van der Waals surface area contributed by atoms with Crippen LogP contribution in [-0.4, -0.2) is 19.5 Å². The van der Waals surface area contributed by atoms with Crippen molar-refractivity contribution in [2.24, 2.45) is 5.92 Å². The fourth-order valence-corrected chi connectivity index (χ4v) is 3.41. The molecule has 0 bridgehead atoms. The SMILES string of the molecule is CC(C)Cn1c(-c2ccc(Cl)cc2Cl)nc2nc3ccccc3nc21. The fourth-order valence-electron chi connectivity index (χ4n) is 2.91. The molecule has 4 rings (SSSR count). The normalized spacial score (nSPS) is 11.7. The minimum absolute atomic E-state index is 0.426. The van der Waals surface area contributed by atoms with Crippen LogP contribution >= 0.6 is 23.2 Å². The Kier molecular flexibility index (Phi) is 4.10. The molecule has 0 unspecified atom stereocenters. The van der Waals surface area contributed by atoms with Gasteiger partial charge in [-0.1, -0.05) is 49.2 Å². The third kappa shape index (κ3) is 2.96. The van der Waals surface area contributed by atoms with Gasteiger partial charge in [-0.2, -0.15) is 0 Å². The van der Waals surface area contributed by atoms with E-state index >= 15 is 0 Å². The summed E-state index contributed by atoms with van der Waals surface area (Å²) in [4.78, 5) is 14.2. The number of fused-ring (bicyclic) bond motifs is 2. The summed E-state index contributed by atoms with van der Waals surface area (Å²) in [5, 5.41) is 1.17. The summed E-state index contributed by atoms with van der Waals surface area (Å²) in [5.41, 5.74) is 3.91. The molecule has 0 aliphatic carbocycles. The molecule has 0 aliphatic heterocycles. The van der Waals surface area contributed by atoms with E-state index in [1.165, 1.54) is 0 Å². The van der Waals surface area contributed by atoms with Crippen molar-refractivity contribution in [3.05, 3.63) is 52.5 Å². The van der Waals surface area contributed by atoms with Crippen LogP contribution < -0.4 is 0 Å². The fraction of sp³-hybridized carbons (Fsp3) is 0.211. The van der Waals surface area contributed by atoms with E-state index in [-0.39, 0.29) is 0 Å². The van der Waals surface area contributed by atoms with Crippen LogP contribution in [0.1, 0.15) is 13.8 Å². The Morgan fingerprint density at radius 3 is 2.36 bits per heavy atom. The Morgan fingerprint density at radius 1 is 0.960 bits per heavy atom. The van der Waals surface area contributed by atoms with Gasteiger partial charge in [-0.05, 0) is 36.2 Å². The Bertz CT molecular complexity index is 1090. The summed E-state index contributed by atoms with van der Waals surface area (Å²) in [5.74, 6) is 1.19. The summed E-state index contributed by atoms with van der Waals surface area (Å²) in [7, 11) is 0. The summed E-state index contributed by atoms with van der Waals surface area (Å²) in [6.07, 6.45) is 0. The van der Waals surface area contributed by atoms with E-state index in [1.54, 1.807) is 6.07 Å². The van der Waals surface area contributed by atoms with Gasteiger partial charge in [0.1, 0.15) is 5.82 Å². The first kappa shape index (κ1) is 16.3. The number of para-hydroxylation sites is 2. The third-order valence-corrected chi connectivity index (χ3v) is 4.53. The van der Waals surface area contributed by atoms with E-state index in [2.05, 4.69) is 23.4 Å². The molecule has 0 atom stereocenters.